The summed E-state index contributed by atoms with van der Waals surface area (Å²) in [7, 11) is 0. The fraction of sp³-hybridized carbons (Fsp3) is 0. The third-order valence-corrected chi connectivity index (χ3v) is 3.72. The number of rotatable bonds is 5. The topological polar surface area (TPSA) is 66.7 Å². The summed E-state index contributed by atoms with van der Waals surface area (Å²) in [5.74, 6) is -1.20. The number of Topliss-reactive ketones (excluding diaryl/α,β-unsaturated/α-hetero) is 1. The van der Waals surface area contributed by atoms with Crippen molar-refractivity contribution in [2.24, 2.45) is 4.99 Å². The fourth-order valence-corrected chi connectivity index (χ4v) is 2.36. The lowest BCUT2D eigenvalue weighted by molar-refractivity contribution is 0.0696. The van der Waals surface area contributed by atoms with E-state index in [1.54, 1.807) is 24.3 Å². The van der Waals surface area contributed by atoms with Gasteiger partial charge >= 0.3 is 5.97 Å². The summed E-state index contributed by atoms with van der Waals surface area (Å²) in [6, 6.07) is 23.3. The minimum atomic E-state index is -0.995. The maximum atomic E-state index is 12.2. The second-order valence-corrected chi connectivity index (χ2v) is 5.42. The Hall–Kier alpha value is -3.53. The van der Waals surface area contributed by atoms with Gasteiger partial charge in [-0.2, -0.15) is 0 Å². The number of hydrogen-bond acceptors (Lipinski definition) is 3. The largest absolute Gasteiger partial charge is 0.478 e. The van der Waals surface area contributed by atoms with Crippen LogP contribution in [0.2, 0.25) is 0 Å². The number of aliphatic imine (C=N–C) groups is 1. The number of benzene rings is 3. The van der Waals surface area contributed by atoms with Crippen LogP contribution in [0.5, 0.6) is 0 Å². The van der Waals surface area contributed by atoms with Crippen LogP contribution in [0.4, 0.5) is 5.69 Å². The van der Waals surface area contributed by atoms with Crippen molar-refractivity contribution < 1.29 is 14.7 Å². The van der Waals surface area contributed by atoms with E-state index in [9.17, 15) is 9.59 Å². The standard InChI is InChI=1S/C21H15NO3/c23-20(14-22-19-12-10-18(11-13-19)21(24)25)17-8-6-16(7-9-17)15-4-2-1-3-5-15/h1-14H,(H,24,25). The molecule has 0 fully saturated rings. The molecule has 1 N–H and O–H groups in total. The van der Waals surface area contributed by atoms with E-state index in [1.807, 2.05) is 42.5 Å². The van der Waals surface area contributed by atoms with Gasteiger partial charge < -0.3 is 5.11 Å². The molecule has 4 nitrogen and oxygen atoms in total. The Morgan fingerprint density at radius 1 is 0.720 bits per heavy atom. The summed E-state index contributed by atoms with van der Waals surface area (Å²) in [5, 5.41) is 8.85. The predicted molar refractivity (Wildman–Crippen MR) is 97.8 cm³/mol. The van der Waals surface area contributed by atoms with Gasteiger partial charge in [-0.3, -0.25) is 9.79 Å². The van der Waals surface area contributed by atoms with E-state index in [0.717, 1.165) is 11.1 Å². The first kappa shape index (κ1) is 16.3. The molecule has 122 valence electrons. The monoisotopic (exact) mass is 329 g/mol. The van der Waals surface area contributed by atoms with Crippen LogP contribution < -0.4 is 0 Å². The van der Waals surface area contributed by atoms with Crippen molar-refractivity contribution in [3.05, 3.63) is 90.0 Å². The lowest BCUT2D eigenvalue weighted by Crippen LogP contribution is -1.99. The molecular weight excluding hydrogens is 314 g/mol. The van der Waals surface area contributed by atoms with Gasteiger partial charge in [0.2, 0.25) is 5.78 Å². The molecule has 0 aliphatic heterocycles. The van der Waals surface area contributed by atoms with Crippen molar-refractivity contribution in [2.45, 2.75) is 0 Å². The molecule has 0 heterocycles. The van der Waals surface area contributed by atoms with Gasteiger partial charge in [-0.25, -0.2) is 4.79 Å². The second kappa shape index (κ2) is 7.36. The number of carboxylic acid groups (broad SMARTS) is 1. The zero-order valence-electron chi connectivity index (χ0n) is 13.3. The minimum absolute atomic E-state index is 0.182. The number of carbonyl (C=O) groups is 2. The summed E-state index contributed by atoms with van der Waals surface area (Å²) in [5.41, 5.74) is 3.39. The number of aromatic carboxylic acids is 1. The Kier molecular flexibility index (Phi) is 4.81. The van der Waals surface area contributed by atoms with E-state index < -0.39 is 5.97 Å². The van der Waals surface area contributed by atoms with Crippen LogP contribution in [0.15, 0.2) is 83.9 Å². The van der Waals surface area contributed by atoms with Gasteiger partial charge in [0.1, 0.15) is 0 Å². The van der Waals surface area contributed by atoms with Crippen molar-refractivity contribution >= 4 is 23.7 Å². The van der Waals surface area contributed by atoms with Gasteiger partial charge in [-0.05, 0) is 35.4 Å². The number of hydrogen-bond donors (Lipinski definition) is 1. The Morgan fingerprint density at radius 2 is 1.28 bits per heavy atom. The average molecular weight is 329 g/mol. The molecule has 0 amide bonds. The van der Waals surface area contributed by atoms with Crippen molar-refractivity contribution in [2.75, 3.05) is 0 Å². The zero-order chi connectivity index (χ0) is 17.6. The number of carbonyl (C=O) groups excluding carboxylic acids is 1. The maximum Gasteiger partial charge on any atom is 0.335 e. The lowest BCUT2D eigenvalue weighted by Gasteiger charge is -2.02. The third kappa shape index (κ3) is 4.06. The van der Waals surface area contributed by atoms with Crippen LogP contribution in [0.3, 0.4) is 0 Å². The van der Waals surface area contributed by atoms with Gasteiger partial charge in [0.25, 0.3) is 0 Å². The van der Waals surface area contributed by atoms with Crippen LogP contribution in [-0.4, -0.2) is 23.1 Å². The Bertz CT molecular complexity index is 912. The van der Waals surface area contributed by atoms with Gasteiger partial charge in [-0.1, -0.05) is 54.6 Å². The molecule has 0 aliphatic rings. The molecule has 0 unspecified atom stereocenters. The molecule has 0 atom stereocenters. The highest BCUT2D eigenvalue weighted by Gasteiger charge is 2.04. The van der Waals surface area contributed by atoms with Crippen LogP contribution in [0.1, 0.15) is 20.7 Å². The molecule has 3 aromatic carbocycles. The van der Waals surface area contributed by atoms with Gasteiger partial charge in [0.15, 0.2) is 0 Å². The van der Waals surface area contributed by atoms with Gasteiger partial charge in [0, 0.05) is 5.56 Å². The van der Waals surface area contributed by atoms with E-state index in [4.69, 9.17) is 5.11 Å². The van der Waals surface area contributed by atoms with Gasteiger partial charge in [-0.15, -0.1) is 0 Å². The van der Waals surface area contributed by atoms with Crippen LogP contribution in [-0.2, 0) is 0 Å². The number of nitrogens with zero attached hydrogens (tertiary/aromatic N) is 1. The van der Waals surface area contributed by atoms with E-state index in [0.29, 0.717) is 11.3 Å². The molecule has 0 spiro atoms. The van der Waals surface area contributed by atoms with Crippen molar-refractivity contribution in [3.8, 4) is 11.1 Å². The van der Waals surface area contributed by atoms with Crippen LogP contribution in [0, 0.1) is 0 Å². The highest BCUT2D eigenvalue weighted by Crippen LogP contribution is 2.19. The van der Waals surface area contributed by atoms with Crippen molar-refractivity contribution in [1.82, 2.24) is 0 Å². The smallest absolute Gasteiger partial charge is 0.335 e. The van der Waals surface area contributed by atoms with Crippen LogP contribution >= 0.6 is 0 Å². The minimum Gasteiger partial charge on any atom is -0.478 e. The summed E-state index contributed by atoms with van der Waals surface area (Å²) >= 11 is 0. The first-order chi connectivity index (χ1) is 12.1. The molecule has 25 heavy (non-hydrogen) atoms. The molecule has 4 heteroatoms. The first-order valence-corrected chi connectivity index (χ1v) is 7.71. The molecule has 0 saturated carbocycles. The number of carboxylic acids is 1. The Balaban J connectivity index is 1.71. The molecule has 0 aromatic heterocycles. The highest BCUT2D eigenvalue weighted by molar-refractivity contribution is 6.35. The quantitative estimate of drug-likeness (QED) is 0.548. The molecule has 0 saturated heterocycles. The molecule has 0 aliphatic carbocycles. The summed E-state index contributed by atoms with van der Waals surface area (Å²) in [6.45, 7) is 0. The SMILES string of the molecule is O=C(O)c1ccc(N=CC(=O)c2ccc(-c3ccccc3)cc2)cc1. The Morgan fingerprint density at radius 3 is 1.88 bits per heavy atom. The van der Waals surface area contributed by atoms with Gasteiger partial charge in [0.05, 0.1) is 17.5 Å². The third-order valence-electron chi connectivity index (χ3n) is 3.72. The van der Waals surface area contributed by atoms with Crippen molar-refractivity contribution in [3.63, 3.8) is 0 Å². The fourth-order valence-electron chi connectivity index (χ4n) is 2.36. The van der Waals surface area contributed by atoms with E-state index in [-0.39, 0.29) is 11.3 Å². The Labute approximate surface area is 145 Å². The first-order valence-electron chi connectivity index (χ1n) is 7.71. The van der Waals surface area contributed by atoms with Crippen LogP contribution in [0.25, 0.3) is 11.1 Å². The molecule has 3 aromatic rings. The van der Waals surface area contributed by atoms with Crippen molar-refractivity contribution in [1.29, 1.82) is 0 Å². The number of ketones is 1. The molecule has 0 radical (unpaired) electrons. The molecule has 3 rings (SSSR count). The molecular formula is C21H15NO3. The summed E-state index contributed by atoms with van der Waals surface area (Å²) in [6.07, 6.45) is 1.24. The van der Waals surface area contributed by atoms with E-state index in [1.165, 1.54) is 18.3 Å². The second-order valence-electron chi connectivity index (χ2n) is 5.42. The predicted octanol–water partition coefficient (Wildman–Crippen LogP) is 4.64. The molecule has 0 bridgehead atoms. The maximum absolute atomic E-state index is 12.2. The van der Waals surface area contributed by atoms with E-state index in [2.05, 4.69) is 4.99 Å². The zero-order valence-corrected chi connectivity index (χ0v) is 13.3. The summed E-state index contributed by atoms with van der Waals surface area (Å²) < 4.78 is 0. The highest BCUT2D eigenvalue weighted by atomic mass is 16.4. The normalized spacial score (nSPS) is 10.7. The average Bonchev–Trinajstić information content (AvgIpc) is 2.67. The lowest BCUT2D eigenvalue weighted by atomic mass is 10.0. The summed E-state index contributed by atoms with van der Waals surface area (Å²) in [4.78, 5) is 27.1. The van der Waals surface area contributed by atoms with E-state index >= 15 is 0 Å².